The van der Waals surface area contributed by atoms with Gasteiger partial charge in [0.2, 0.25) is 23.6 Å². The van der Waals surface area contributed by atoms with Crippen LogP contribution in [-0.2, 0) is 28.7 Å². The van der Waals surface area contributed by atoms with Crippen molar-refractivity contribution >= 4 is 29.6 Å². The minimum absolute atomic E-state index is 0.00711. The molecule has 0 saturated carbocycles. The molecule has 0 aromatic carbocycles. The van der Waals surface area contributed by atoms with Gasteiger partial charge < -0.3 is 31.1 Å². The van der Waals surface area contributed by atoms with E-state index in [2.05, 4.69) is 27.8 Å². The van der Waals surface area contributed by atoms with Crippen LogP contribution in [0.1, 0.15) is 94.9 Å². The zero-order valence-corrected chi connectivity index (χ0v) is 27.5. The van der Waals surface area contributed by atoms with Crippen molar-refractivity contribution in [1.29, 1.82) is 0 Å². The lowest BCUT2D eigenvalue weighted by molar-refractivity contribution is -0.143. The Hall–Kier alpha value is -2.95. The maximum atomic E-state index is 12.1. The molecule has 0 aromatic heterocycles. The molecule has 4 amide bonds. The molecule has 6 unspecified atom stereocenters. The molecule has 0 bridgehead atoms. The van der Waals surface area contributed by atoms with Crippen molar-refractivity contribution in [1.82, 2.24) is 21.3 Å². The summed E-state index contributed by atoms with van der Waals surface area (Å²) in [6.45, 7) is 22.3. The van der Waals surface area contributed by atoms with E-state index in [4.69, 9.17) is 9.84 Å². The molecule has 0 heterocycles. The quantitative estimate of drug-likeness (QED) is 0.120. The molecule has 0 fully saturated rings. The smallest absolute Gasteiger partial charge is 0.330 e. The SMILES string of the molecule is C=CC(=O)OC(C)CNC(=O)C(C)CC(CC)C(=O)NC(C)C.CCC(CC(C)C(=O)NCC(C)O)C(=O)NC(C)C. The van der Waals surface area contributed by atoms with Gasteiger partial charge in [-0.2, -0.15) is 0 Å². The van der Waals surface area contributed by atoms with Crippen LogP contribution in [0, 0.1) is 23.7 Å². The first-order chi connectivity index (χ1) is 19.5. The third-order valence-corrected chi connectivity index (χ3v) is 6.38. The summed E-state index contributed by atoms with van der Waals surface area (Å²) >= 11 is 0. The van der Waals surface area contributed by atoms with Gasteiger partial charge in [-0.25, -0.2) is 4.79 Å². The fourth-order valence-corrected chi connectivity index (χ4v) is 3.92. The standard InChI is InChI=1S/C17H30N2O4.C14H28N2O3/c1-7-14(17(22)19-11(3)4)9-12(5)16(21)18-10-13(6)23-15(20)8-2;1-6-12(14(19)16-9(2)3)7-10(4)13(18)15-8-11(5)17/h8,11-14H,2,7,9-10H2,1,3-6H3,(H,18,21)(H,19,22);9-12,17H,6-8H2,1-5H3,(H,15,18)(H,16,19). The molecule has 6 atom stereocenters. The molecule has 11 nitrogen and oxygen atoms in total. The van der Waals surface area contributed by atoms with Crippen molar-refractivity contribution in [2.24, 2.45) is 23.7 Å². The molecule has 0 saturated heterocycles. The zero-order valence-electron chi connectivity index (χ0n) is 27.5. The average molecular weight is 599 g/mol. The van der Waals surface area contributed by atoms with Crippen LogP contribution in [0.3, 0.4) is 0 Å². The van der Waals surface area contributed by atoms with E-state index < -0.39 is 18.2 Å². The van der Waals surface area contributed by atoms with Gasteiger partial charge in [0.15, 0.2) is 0 Å². The largest absolute Gasteiger partial charge is 0.458 e. The van der Waals surface area contributed by atoms with Crippen molar-refractivity contribution in [3.63, 3.8) is 0 Å². The molecule has 0 aliphatic rings. The number of aliphatic hydroxyl groups is 1. The lowest BCUT2D eigenvalue weighted by Gasteiger charge is -2.21. The van der Waals surface area contributed by atoms with Gasteiger partial charge in [-0.3, -0.25) is 19.2 Å². The Morgan fingerprint density at radius 2 is 1.07 bits per heavy atom. The highest BCUT2D eigenvalue weighted by atomic mass is 16.5. The summed E-state index contributed by atoms with van der Waals surface area (Å²) < 4.78 is 4.98. The van der Waals surface area contributed by atoms with Crippen molar-refractivity contribution in [3.8, 4) is 0 Å². The van der Waals surface area contributed by atoms with Crippen LogP contribution in [0.4, 0.5) is 0 Å². The summed E-state index contributed by atoms with van der Waals surface area (Å²) in [5.74, 6) is -1.65. The van der Waals surface area contributed by atoms with Gasteiger partial charge in [0.05, 0.1) is 12.6 Å². The van der Waals surface area contributed by atoms with Crippen LogP contribution in [-0.4, -0.2) is 72.1 Å². The van der Waals surface area contributed by atoms with Crippen molar-refractivity contribution in [2.45, 2.75) is 119 Å². The Labute approximate surface area is 253 Å². The molecule has 244 valence electrons. The number of rotatable bonds is 18. The van der Waals surface area contributed by atoms with Crippen molar-refractivity contribution < 1.29 is 33.8 Å². The van der Waals surface area contributed by atoms with Crippen LogP contribution in [0.2, 0.25) is 0 Å². The summed E-state index contributed by atoms with van der Waals surface area (Å²) in [4.78, 5) is 58.9. The highest BCUT2D eigenvalue weighted by Gasteiger charge is 2.25. The van der Waals surface area contributed by atoms with Crippen LogP contribution in [0.5, 0.6) is 0 Å². The number of amides is 4. The summed E-state index contributed by atoms with van der Waals surface area (Å²) in [6.07, 6.45) is 2.52. The first-order valence-electron chi connectivity index (χ1n) is 15.2. The number of esters is 1. The maximum Gasteiger partial charge on any atom is 0.330 e. The molecule has 0 aliphatic carbocycles. The Bertz CT molecular complexity index is 845. The first-order valence-corrected chi connectivity index (χ1v) is 15.2. The van der Waals surface area contributed by atoms with Crippen molar-refractivity contribution in [2.75, 3.05) is 13.1 Å². The Morgan fingerprint density at radius 1 is 0.690 bits per heavy atom. The van der Waals surface area contributed by atoms with Gasteiger partial charge in [0.1, 0.15) is 6.10 Å². The molecule has 42 heavy (non-hydrogen) atoms. The van der Waals surface area contributed by atoms with E-state index in [-0.39, 0.29) is 72.5 Å². The van der Waals surface area contributed by atoms with E-state index in [0.717, 1.165) is 6.08 Å². The average Bonchev–Trinajstić information content (AvgIpc) is 2.90. The van der Waals surface area contributed by atoms with E-state index >= 15 is 0 Å². The van der Waals surface area contributed by atoms with Crippen molar-refractivity contribution in [3.05, 3.63) is 12.7 Å². The number of ether oxygens (including phenoxy) is 1. The van der Waals surface area contributed by atoms with Gasteiger partial charge in [0.25, 0.3) is 0 Å². The monoisotopic (exact) mass is 598 g/mol. The van der Waals surface area contributed by atoms with E-state index in [1.165, 1.54) is 0 Å². The summed E-state index contributed by atoms with van der Waals surface area (Å²) in [5.41, 5.74) is 0. The molecule has 0 aromatic rings. The molecular formula is C31H58N4O7. The molecule has 0 radical (unpaired) electrons. The first kappa shape index (κ1) is 41.2. The molecule has 0 rings (SSSR count). The molecule has 0 spiro atoms. The summed E-state index contributed by atoms with van der Waals surface area (Å²) in [7, 11) is 0. The normalized spacial score (nSPS) is 15.1. The Kier molecular flexibility index (Phi) is 22.2. The second-order valence-electron chi connectivity index (χ2n) is 11.6. The number of carbonyl (C=O) groups excluding carboxylic acids is 5. The van der Waals surface area contributed by atoms with Gasteiger partial charge in [-0.1, -0.05) is 34.3 Å². The fourth-order valence-electron chi connectivity index (χ4n) is 3.92. The predicted molar refractivity (Wildman–Crippen MR) is 165 cm³/mol. The molecule has 0 aliphatic heterocycles. The number of carbonyl (C=O) groups is 5. The van der Waals surface area contributed by atoms with Crippen LogP contribution >= 0.6 is 0 Å². The number of aliphatic hydroxyl groups excluding tert-OH is 1. The van der Waals surface area contributed by atoms with Gasteiger partial charge in [-0.05, 0) is 67.2 Å². The Balaban J connectivity index is 0. The van der Waals surface area contributed by atoms with Gasteiger partial charge >= 0.3 is 5.97 Å². The molecule has 11 heteroatoms. The van der Waals surface area contributed by atoms with E-state index in [1.54, 1.807) is 20.8 Å². The van der Waals surface area contributed by atoms with Crippen LogP contribution < -0.4 is 21.3 Å². The van der Waals surface area contributed by atoms with E-state index in [0.29, 0.717) is 25.7 Å². The summed E-state index contributed by atoms with van der Waals surface area (Å²) in [6, 6.07) is 0.196. The second-order valence-corrected chi connectivity index (χ2v) is 11.6. The molecular weight excluding hydrogens is 540 g/mol. The second kappa shape index (κ2) is 22.6. The van der Waals surface area contributed by atoms with Gasteiger partial charge in [0, 0.05) is 48.4 Å². The zero-order chi connectivity index (χ0) is 33.0. The lowest BCUT2D eigenvalue weighted by atomic mass is 9.92. The summed E-state index contributed by atoms with van der Waals surface area (Å²) in [5, 5.41) is 20.3. The number of hydrogen-bond donors (Lipinski definition) is 5. The van der Waals surface area contributed by atoms with E-state index in [9.17, 15) is 24.0 Å². The topological polar surface area (TPSA) is 163 Å². The van der Waals surface area contributed by atoms with Gasteiger partial charge in [-0.15, -0.1) is 0 Å². The minimum Gasteiger partial charge on any atom is -0.458 e. The number of nitrogens with one attached hydrogen (secondary N) is 4. The maximum absolute atomic E-state index is 12.1. The van der Waals surface area contributed by atoms with Crippen LogP contribution in [0.25, 0.3) is 0 Å². The minimum atomic E-state index is -0.553. The van der Waals surface area contributed by atoms with Crippen LogP contribution in [0.15, 0.2) is 12.7 Å². The Morgan fingerprint density at radius 3 is 1.38 bits per heavy atom. The van der Waals surface area contributed by atoms with E-state index in [1.807, 2.05) is 48.5 Å². The third kappa shape index (κ3) is 20.0. The highest BCUT2D eigenvalue weighted by Crippen LogP contribution is 2.17. The highest BCUT2D eigenvalue weighted by molar-refractivity contribution is 5.83. The third-order valence-electron chi connectivity index (χ3n) is 6.38. The predicted octanol–water partition coefficient (Wildman–Crippen LogP) is 2.86. The number of hydrogen-bond acceptors (Lipinski definition) is 7. The lowest BCUT2D eigenvalue weighted by Crippen LogP contribution is -2.39. The fraction of sp³-hybridized carbons (Fsp3) is 0.774. The molecule has 5 N–H and O–H groups in total.